The van der Waals surface area contributed by atoms with Gasteiger partial charge in [-0.2, -0.15) is 0 Å². The SMILES string of the molecule is c1ccc(-c2ccc(-c3c4ccccc4c(-c4ccc5c6c(cccc46)-c4ccccc4O5)c4ccccc34)cc2-c2ccccc2)cc1. The highest BCUT2D eigenvalue weighted by Crippen LogP contribution is 2.51. The number of fused-ring (bicyclic) bond motifs is 4. The molecule has 0 unspecified atom stereocenters. The van der Waals surface area contributed by atoms with E-state index in [2.05, 4.69) is 176 Å². The number of benzene rings is 9. The molecule has 0 bridgehead atoms. The van der Waals surface area contributed by atoms with Gasteiger partial charge in [0, 0.05) is 10.9 Å². The molecule has 0 aliphatic carbocycles. The molecule has 0 amide bonds. The van der Waals surface area contributed by atoms with Crippen LogP contribution in [-0.4, -0.2) is 0 Å². The van der Waals surface area contributed by atoms with E-state index in [0.29, 0.717) is 0 Å². The summed E-state index contributed by atoms with van der Waals surface area (Å²) in [5, 5.41) is 7.32. The Labute approximate surface area is 285 Å². The third-order valence-electron chi connectivity index (χ3n) is 10.1. The van der Waals surface area contributed by atoms with Crippen molar-refractivity contribution < 1.29 is 4.74 Å². The minimum Gasteiger partial charge on any atom is -0.456 e. The van der Waals surface area contributed by atoms with Gasteiger partial charge in [0.25, 0.3) is 0 Å². The second-order valence-corrected chi connectivity index (χ2v) is 12.8. The van der Waals surface area contributed by atoms with Gasteiger partial charge in [-0.3, -0.25) is 0 Å². The van der Waals surface area contributed by atoms with Gasteiger partial charge in [-0.25, -0.2) is 0 Å². The summed E-state index contributed by atoms with van der Waals surface area (Å²) >= 11 is 0. The summed E-state index contributed by atoms with van der Waals surface area (Å²) in [6, 6.07) is 65.7. The summed E-state index contributed by atoms with van der Waals surface area (Å²) in [5.41, 5.74) is 12.2. The van der Waals surface area contributed by atoms with E-state index >= 15 is 0 Å². The van der Waals surface area contributed by atoms with Gasteiger partial charge in [0.05, 0.1) is 0 Å². The largest absolute Gasteiger partial charge is 0.456 e. The topological polar surface area (TPSA) is 9.23 Å². The smallest absolute Gasteiger partial charge is 0.135 e. The number of hydrogen-bond acceptors (Lipinski definition) is 1. The van der Waals surface area contributed by atoms with Crippen molar-refractivity contribution in [1.29, 1.82) is 0 Å². The summed E-state index contributed by atoms with van der Waals surface area (Å²) in [6.45, 7) is 0. The van der Waals surface area contributed by atoms with Gasteiger partial charge in [0.1, 0.15) is 11.5 Å². The highest BCUT2D eigenvalue weighted by atomic mass is 16.5. The van der Waals surface area contributed by atoms with Gasteiger partial charge in [-0.15, -0.1) is 0 Å². The molecule has 0 atom stereocenters. The Kier molecular flexibility index (Phi) is 6.25. The summed E-state index contributed by atoms with van der Waals surface area (Å²) in [5.74, 6) is 1.81. The average Bonchev–Trinajstić information content (AvgIpc) is 3.18. The van der Waals surface area contributed by atoms with Crippen molar-refractivity contribution in [2.75, 3.05) is 0 Å². The van der Waals surface area contributed by atoms with E-state index in [1.54, 1.807) is 0 Å². The Morgan fingerprint density at radius 2 is 0.796 bits per heavy atom. The van der Waals surface area contributed by atoms with Crippen LogP contribution in [0.1, 0.15) is 0 Å². The molecular formula is C48H30O. The van der Waals surface area contributed by atoms with Gasteiger partial charge >= 0.3 is 0 Å². The lowest BCUT2D eigenvalue weighted by Crippen LogP contribution is -1.98. The fraction of sp³-hybridized carbons (Fsp3) is 0. The second kappa shape index (κ2) is 11.1. The Hall–Kier alpha value is -6.44. The zero-order chi connectivity index (χ0) is 32.3. The minimum atomic E-state index is 0.906. The van der Waals surface area contributed by atoms with Crippen LogP contribution in [0.4, 0.5) is 0 Å². The Bertz CT molecular complexity index is 2670. The lowest BCUT2D eigenvalue weighted by molar-refractivity contribution is 0.487. The lowest BCUT2D eigenvalue weighted by atomic mass is 9.82. The molecule has 1 heterocycles. The molecule has 1 aliphatic rings. The van der Waals surface area contributed by atoms with Crippen LogP contribution in [0.3, 0.4) is 0 Å². The molecule has 0 spiro atoms. The molecule has 0 radical (unpaired) electrons. The normalized spacial score (nSPS) is 11.8. The third kappa shape index (κ3) is 4.33. The van der Waals surface area contributed by atoms with E-state index in [9.17, 15) is 0 Å². The van der Waals surface area contributed by atoms with Gasteiger partial charge in [0.2, 0.25) is 0 Å². The molecule has 1 aliphatic heterocycles. The van der Waals surface area contributed by atoms with Gasteiger partial charge in [-0.05, 0) is 101 Å². The van der Waals surface area contributed by atoms with E-state index in [0.717, 1.165) is 17.1 Å². The number of rotatable bonds is 4. The molecule has 0 aromatic heterocycles. The van der Waals surface area contributed by atoms with Crippen LogP contribution in [0.25, 0.3) is 88.0 Å². The fourth-order valence-corrected chi connectivity index (χ4v) is 7.95. The molecule has 9 aromatic rings. The quantitative estimate of drug-likeness (QED) is 0.177. The minimum absolute atomic E-state index is 0.906. The zero-order valence-electron chi connectivity index (χ0n) is 26.7. The summed E-state index contributed by atoms with van der Waals surface area (Å²) in [6.07, 6.45) is 0. The van der Waals surface area contributed by atoms with E-state index in [-0.39, 0.29) is 0 Å². The first-order chi connectivity index (χ1) is 24.3. The molecule has 9 aromatic carbocycles. The van der Waals surface area contributed by atoms with Crippen molar-refractivity contribution in [2.24, 2.45) is 0 Å². The standard InChI is InChI=1S/C48H30O/c1-3-14-31(15-4-1)34-27-26-33(30-43(34)32-16-5-2-6-17-32)46-37-19-7-9-21-39(37)47(40-22-10-8-20-38(40)46)42-28-29-45-48-36(23-13-24-41(42)48)35-18-11-12-25-44(35)49-45/h1-30H. The molecule has 10 rings (SSSR count). The molecule has 0 saturated heterocycles. The van der Waals surface area contributed by atoms with Gasteiger partial charge < -0.3 is 4.74 Å². The second-order valence-electron chi connectivity index (χ2n) is 12.8. The maximum Gasteiger partial charge on any atom is 0.135 e. The van der Waals surface area contributed by atoms with E-state index < -0.39 is 0 Å². The van der Waals surface area contributed by atoms with Crippen LogP contribution >= 0.6 is 0 Å². The van der Waals surface area contributed by atoms with Crippen molar-refractivity contribution in [1.82, 2.24) is 0 Å². The highest BCUT2D eigenvalue weighted by Gasteiger charge is 2.24. The molecule has 1 nitrogen and oxygen atoms in total. The molecule has 0 N–H and O–H groups in total. The first-order valence-electron chi connectivity index (χ1n) is 16.9. The molecule has 49 heavy (non-hydrogen) atoms. The van der Waals surface area contributed by atoms with Gasteiger partial charge in [0.15, 0.2) is 0 Å². The van der Waals surface area contributed by atoms with Crippen molar-refractivity contribution in [3.8, 4) is 67.1 Å². The number of hydrogen-bond donors (Lipinski definition) is 0. The Balaban J connectivity index is 1.27. The zero-order valence-corrected chi connectivity index (χ0v) is 26.7. The van der Waals surface area contributed by atoms with Crippen LogP contribution < -0.4 is 4.74 Å². The molecule has 0 fully saturated rings. The predicted molar refractivity (Wildman–Crippen MR) is 206 cm³/mol. The van der Waals surface area contributed by atoms with Crippen molar-refractivity contribution >= 4 is 32.3 Å². The first-order valence-corrected chi connectivity index (χ1v) is 16.9. The van der Waals surface area contributed by atoms with Crippen molar-refractivity contribution in [3.63, 3.8) is 0 Å². The van der Waals surface area contributed by atoms with Crippen LogP contribution in [0.15, 0.2) is 182 Å². The predicted octanol–water partition coefficient (Wildman–Crippen LogP) is 13.6. The Morgan fingerprint density at radius 1 is 0.265 bits per heavy atom. The first kappa shape index (κ1) is 27.7. The lowest BCUT2D eigenvalue weighted by Gasteiger charge is -2.24. The van der Waals surface area contributed by atoms with Crippen molar-refractivity contribution in [2.45, 2.75) is 0 Å². The van der Waals surface area contributed by atoms with E-state index in [1.165, 1.54) is 82.4 Å². The number of para-hydroxylation sites is 1. The Morgan fingerprint density at radius 3 is 1.49 bits per heavy atom. The maximum absolute atomic E-state index is 6.48. The van der Waals surface area contributed by atoms with Crippen LogP contribution in [0.5, 0.6) is 11.5 Å². The summed E-state index contributed by atoms with van der Waals surface area (Å²) < 4.78 is 6.48. The van der Waals surface area contributed by atoms with Gasteiger partial charge in [-0.1, -0.05) is 158 Å². The van der Waals surface area contributed by atoms with Crippen LogP contribution in [0.2, 0.25) is 0 Å². The maximum atomic E-state index is 6.48. The average molecular weight is 623 g/mol. The van der Waals surface area contributed by atoms with Crippen LogP contribution in [0, 0.1) is 0 Å². The summed E-state index contributed by atoms with van der Waals surface area (Å²) in [7, 11) is 0. The monoisotopic (exact) mass is 622 g/mol. The van der Waals surface area contributed by atoms with E-state index in [4.69, 9.17) is 4.74 Å². The fourth-order valence-electron chi connectivity index (χ4n) is 7.95. The summed E-state index contributed by atoms with van der Waals surface area (Å²) in [4.78, 5) is 0. The number of ether oxygens (including phenoxy) is 1. The highest BCUT2D eigenvalue weighted by molar-refractivity contribution is 6.24. The molecule has 0 saturated carbocycles. The molecular weight excluding hydrogens is 593 g/mol. The van der Waals surface area contributed by atoms with Crippen molar-refractivity contribution in [3.05, 3.63) is 182 Å². The van der Waals surface area contributed by atoms with E-state index in [1.807, 2.05) is 6.07 Å². The third-order valence-corrected chi connectivity index (χ3v) is 10.1. The molecule has 228 valence electrons. The molecule has 1 heteroatoms. The van der Waals surface area contributed by atoms with Crippen LogP contribution in [-0.2, 0) is 0 Å².